The molecule has 1 aliphatic carbocycles. The van der Waals surface area contributed by atoms with Crippen LogP contribution in [0.3, 0.4) is 0 Å². The summed E-state index contributed by atoms with van der Waals surface area (Å²) < 4.78 is 7.56. The Morgan fingerprint density at radius 2 is 1.80 bits per heavy atom. The van der Waals surface area contributed by atoms with Crippen molar-refractivity contribution < 1.29 is 9.53 Å². The molecule has 6 rings (SSSR count). The van der Waals surface area contributed by atoms with Gasteiger partial charge in [-0.3, -0.25) is 9.48 Å². The summed E-state index contributed by atoms with van der Waals surface area (Å²) >= 11 is 0. The average molecular weight is 595 g/mol. The Bertz CT molecular complexity index is 1660. The Balaban J connectivity index is 1.27. The first kappa shape index (κ1) is 29.6. The molecule has 0 bridgehead atoms. The molecular formula is C34H42N8O2. The van der Waals surface area contributed by atoms with Crippen molar-refractivity contribution in [2.75, 3.05) is 55.9 Å². The fourth-order valence-corrected chi connectivity index (χ4v) is 6.38. The van der Waals surface area contributed by atoms with Crippen molar-refractivity contribution in [1.29, 1.82) is 0 Å². The number of anilines is 4. The number of nitrogens with zero attached hydrogens (tertiary/aromatic N) is 6. The lowest BCUT2D eigenvalue weighted by Gasteiger charge is -2.24. The van der Waals surface area contributed by atoms with E-state index in [0.29, 0.717) is 18.1 Å². The number of carbonyl (C=O) groups is 1. The molecule has 10 nitrogen and oxygen atoms in total. The van der Waals surface area contributed by atoms with Gasteiger partial charge in [0.2, 0.25) is 5.95 Å². The topological polar surface area (TPSA) is 100 Å². The number of aryl methyl sites for hydroxylation is 4. The van der Waals surface area contributed by atoms with Crippen LogP contribution in [0.2, 0.25) is 0 Å². The second kappa shape index (κ2) is 12.7. The number of fused-ring (bicyclic) bond motifs is 3. The normalized spacial score (nSPS) is 14.9. The standard InChI is InChI=1S/C34H42N8O2/c1-6-22-10-8-11-23(7-2)29(22)37-33(43)31-26-14-12-24-21-35-34(38-30(24)32(26)41(4)39-31)36-27-15-13-25(20-28(27)44-5)42-17-9-16-40(3)18-19-42/h8,10-11,13,15,20-21H,6-7,9,12,14,16-19H2,1-5H3,(H,37,43)(H,35,36,38). The van der Waals surface area contributed by atoms with Gasteiger partial charge in [0, 0.05) is 55.9 Å². The van der Waals surface area contributed by atoms with Crippen LogP contribution < -0.4 is 20.3 Å². The summed E-state index contributed by atoms with van der Waals surface area (Å²) in [5.41, 5.74) is 9.15. The Labute approximate surface area is 259 Å². The SMILES string of the molecule is CCc1cccc(CC)c1NC(=O)c1nn(C)c2c1CCc1cnc(Nc3ccc(N4CCCN(C)CC4)cc3OC)nc1-2. The Morgan fingerprint density at radius 3 is 2.55 bits per heavy atom. The lowest BCUT2D eigenvalue weighted by Crippen LogP contribution is -2.28. The number of hydrogen-bond donors (Lipinski definition) is 2. The van der Waals surface area contributed by atoms with Crippen molar-refractivity contribution in [1.82, 2.24) is 24.6 Å². The summed E-state index contributed by atoms with van der Waals surface area (Å²) in [6.07, 6.45) is 6.13. The van der Waals surface area contributed by atoms with Crippen LogP contribution in [-0.4, -0.2) is 70.9 Å². The molecule has 1 saturated heterocycles. The lowest BCUT2D eigenvalue weighted by atomic mass is 9.93. The number of amides is 1. The number of likely N-dealkylation sites (N-methyl/N-ethyl adjacent to an activating group) is 1. The minimum Gasteiger partial charge on any atom is -0.494 e. The second-order valence-electron chi connectivity index (χ2n) is 11.6. The van der Waals surface area contributed by atoms with E-state index in [1.54, 1.807) is 11.8 Å². The maximum atomic E-state index is 13.7. The van der Waals surface area contributed by atoms with Gasteiger partial charge in [0.1, 0.15) is 5.75 Å². The van der Waals surface area contributed by atoms with Gasteiger partial charge in [0.05, 0.1) is 24.2 Å². The van der Waals surface area contributed by atoms with E-state index in [9.17, 15) is 4.79 Å². The van der Waals surface area contributed by atoms with Crippen molar-refractivity contribution >= 4 is 28.9 Å². The highest BCUT2D eigenvalue weighted by molar-refractivity contribution is 6.06. The molecule has 0 spiro atoms. The summed E-state index contributed by atoms with van der Waals surface area (Å²) in [5, 5.41) is 11.3. The molecule has 44 heavy (non-hydrogen) atoms. The summed E-state index contributed by atoms with van der Waals surface area (Å²) in [6, 6.07) is 12.4. The summed E-state index contributed by atoms with van der Waals surface area (Å²) in [4.78, 5) is 28.0. The van der Waals surface area contributed by atoms with Crippen molar-refractivity contribution in [3.63, 3.8) is 0 Å². The molecule has 0 saturated carbocycles. The Morgan fingerprint density at radius 1 is 1.00 bits per heavy atom. The lowest BCUT2D eigenvalue weighted by molar-refractivity contribution is 0.102. The van der Waals surface area contributed by atoms with Gasteiger partial charge in [-0.1, -0.05) is 32.0 Å². The third-order valence-corrected chi connectivity index (χ3v) is 8.85. The summed E-state index contributed by atoms with van der Waals surface area (Å²) in [7, 11) is 5.74. The molecular weight excluding hydrogens is 552 g/mol. The van der Waals surface area contributed by atoms with Gasteiger partial charge in [-0.25, -0.2) is 9.97 Å². The molecule has 2 N–H and O–H groups in total. The molecule has 10 heteroatoms. The summed E-state index contributed by atoms with van der Waals surface area (Å²) in [5.74, 6) is 1.02. The fraction of sp³-hybridized carbons (Fsp3) is 0.412. The highest BCUT2D eigenvalue weighted by Gasteiger charge is 2.29. The van der Waals surface area contributed by atoms with Gasteiger partial charge in [-0.15, -0.1) is 0 Å². The van der Waals surface area contributed by atoms with Crippen LogP contribution in [0, 0.1) is 0 Å². The first-order chi connectivity index (χ1) is 21.4. The minimum atomic E-state index is -0.186. The van der Waals surface area contributed by atoms with Gasteiger partial charge < -0.3 is 25.2 Å². The molecule has 3 heterocycles. The molecule has 230 valence electrons. The number of rotatable bonds is 8. The third kappa shape index (κ3) is 5.74. The predicted molar refractivity (Wildman–Crippen MR) is 175 cm³/mol. The molecule has 0 atom stereocenters. The maximum Gasteiger partial charge on any atom is 0.276 e. The summed E-state index contributed by atoms with van der Waals surface area (Å²) in [6.45, 7) is 8.36. The number of carbonyl (C=O) groups excluding carboxylic acids is 1. The van der Waals surface area contributed by atoms with E-state index < -0.39 is 0 Å². The Hall–Kier alpha value is -4.44. The largest absolute Gasteiger partial charge is 0.494 e. The van der Waals surface area contributed by atoms with Crippen LogP contribution >= 0.6 is 0 Å². The Kier molecular flexibility index (Phi) is 8.52. The van der Waals surface area contributed by atoms with Crippen LogP contribution in [0.4, 0.5) is 23.0 Å². The molecule has 0 unspecified atom stereocenters. The number of benzene rings is 2. The molecule has 1 aliphatic heterocycles. The molecule has 2 aliphatic rings. The smallest absolute Gasteiger partial charge is 0.276 e. The average Bonchev–Trinajstić information content (AvgIpc) is 3.24. The van der Waals surface area contributed by atoms with E-state index in [0.717, 1.165) is 108 Å². The van der Waals surface area contributed by atoms with E-state index >= 15 is 0 Å². The van der Waals surface area contributed by atoms with E-state index in [2.05, 4.69) is 76.6 Å². The third-order valence-electron chi connectivity index (χ3n) is 8.85. The zero-order valence-corrected chi connectivity index (χ0v) is 26.4. The second-order valence-corrected chi connectivity index (χ2v) is 11.6. The highest BCUT2D eigenvalue weighted by atomic mass is 16.5. The van der Waals surface area contributed by atoms with Crippen molar-refractivity contribution in [2.24, 2.45) is 7.05 Å². The number of ether oxygens (including phenoxy) is 1. The monoisotopic (exact) mass is 594 g/mol. The molecule has 1 amide bonds. The molecule has 2 aromatic carbocycles. The maximum absolute atomic E-state index is 13.7. The zero-order chi connectivity index (χ0) is 30.8. The first-order valence-corrected chi connectivity index (χ1v) is 15.6. The van der Waals surface area contributed by atoms with Crippen molar-refractivity contribution in [3.8, 4) is 17.1 Å². The van der Waals surface area contributed by atoms with Gasteiger partial charge in [0.25, 0.3) is 5.91 Å². The zero-order valence-electron chi connectivity index (χ0n) is 26.4. The molecule has 2 aromatic heterocycles. The number of aromatic nitrogens is 4. The van der Waals surface area contributed by atoms with Crippen LogP contribution in [-0.2, 0) is 32.7 Å². The van der Waals surface area contributed by atoms with E-state index in [1.807, 2.05) is 19.3 Å². The van der Waals surface area contributed by atoms with Gasteiger partial charge in [-0.2, -0.15) is 5.10 Å². The first-order valence-electron chi connectivity index (χ1n) is 15.6. The molecule has 4 aromatic rings. The van der Waals surface area contributed by atoms with Gasteiger partial charge >= 0.3 is 0 Å². The highest BCUT2D eigenvalue weighted by Crippen LogP contribution is 2.36. The van der Waals surface area contributed by atoms with Gasteiger partial charge in [0.15, 0.2) is 5.69 Å². The predicted octanol–water partition coefficient (Wildman–Crippen LogP) is 5.25. The van der Waals surface area contributed by atoms with Crippen molar-refractivity contribution in [2.45, 2.75) is 46.0 Å². The number of nitrogens with one attached hydrogen (secondary N) is 2. The number of hydrogen-bond acceptors (Lipinski definition) is 8. The molecule has 0 radical (unpaired) electrons. The van der Waals surface area contributed by atoms with E-state index in [1.165, 1.54) is 0 Å². The fourth-order valence-electron chi connectivity index (χ4n) is 6.38. The van der Waals surface area contributed by atoms with E-state index in [4.69, 9.17) is 14.8 Å². The quantitative estimate of drug-likeness (QED) is 0.286. The minimum absolute atomic E-state index is 0.186. The number of methoxy groups -OCH3 is 1. The van der Waals surface area contributed by atoms with Crippen LogP contribution in [0.25, 0.3) is 11.4 Å². The molecule has 1 fully saturated rings. The van der Waals surface area contributed by atoms with Crippen molar-refractivity contribution in [3.05, 3.63) is 70.5 Å². The van der Waals surface area contributed by atoms with Crippen LogP contribution in [0.15, 0.2) is 42.6 Å². The van der Waals surface area contributed by atoms with E-state index in [-0.39, 0.29) is 5.91 Å². The van der Waals surface area contributed by atoms with Crippen LogP contribution in [0.1, 0.15) is 53.0 Å². The number of para-hydroxylation sites is 1. The van der Waals surface area contributed by atoms with Gasteiger partial charge in [-0.05, 0) is 74.5 Å². The van der Waals surface area contributed by atoms with Crippen LogP contribution in [0.5, 0.6) is 5.75 Å².